The summed E-state index contributed by atoms with van der Waals surface area (Å²) in [4.78, 5) is 36.3. The van der Waals surface area contributed by atoms with Crippen molar-refractivity contribution in [2.75, 3.05) is 0 Å². The van der Waals surface area contributed by atoms with E-state index < -0.39 is 21.9 Å². The van der Waals surface area contributed by atoms with Crippen LogP contribution in [0.4, 0.5) is 5.69 Å². The second-order valence-corrected chi connectivity index (χ2v) is 4.10. The largest absolute Gasteiger partial charge is 0.357 e. The summed E-state index contributed by atoms with van der Waals surface area (Å²) >= 11 is 1.47. The van der Waals surface area contributed by atoms with Crippen molar-refractivity contribution in [3.63, 3.8) is 0 Å². The number of nitrogens with zero attached hydrogens (tertiary/aromatic N) is 1. The zero-order chi connectivity index (χ0) is 13.1. The highest BCUT2D eigenvalue weighted by Gasteiger charge is 2.18. The summed E-state index contributed by atoms with van der Waals surface area (Å²) < 4.78 is 0. The van der Waals surface area contributed by atoms with Crippen LogP contribution in [0.2, 0.25) is 0 Å². The van der Waals surface area contributed by atoms with Gasteiger partial charge in [-0.05, 0) is 28.5 Å². The number of nitro groups is 1. The van der Waals surface area contributed by atoms with Crippen molar-refractivity contribution >= 4 is 29.2 Å². The molecule has 2 aromatic heterocycles. The molecule has 0 aromatic carbocycles. The van der Waals surface area contributed by atoms with Crippen LogP contribution in [0.1, 0.15) is 11.3 Å². The minimum Gasteiger partial charge on any atom is -0.301 e. The minimum atomic E-state index is -1.02. The molecule has 2 rings (SSSR count). The van der Waals surface area contributed by atoms with Crippen LogP contribution in [0.3, 0.4) is 0 Å². The van der Waals surface area contributed by atoms with E-state index in [2.05, 4.69) is 4.98 Å². The highest BCUT2D eigenvalue weighted by molar-refractivity contribution is 7.08. The number of thiophene rings is 1. The van der Waals surface area contributed by atoms with Gasteiger partial charge in [-0.3, -0.25) is 19.9 Å². The van der Waals surface area contributed by atoms with Gasteiger partial charge in [-0.1, -0.05) is 6.08 Å². The first kappa shape index (κ1) is 12.0. The number of rotatable bonds is 3. The SMILES string of the molecule is O=c1[nH]c(C=Cc2ccsc2)c([N+](=O)[O-])c(=O)[nH]1. The molecular formula is C10H7N3O4S. The second kappa shape index (κ2) is 4.80. The number of nitrogens with one attached hydrogen (secondary N) is 2. The zero-order valence-electron chi connectivity index (χ0n) is 8.88. The molecule has 2 N–H and O–H groups in total. The molecule has 0 fully saturated rings. The van der Waals surface area contributed by atoms with E-state index in [4.69, 9.17) is 0 Å². The molecule has 0 atom stereocenters. The van der Waals surface area contributed by atoms with Gasteiger partial charge in [0.05, 0.1) is 4.92 Å². The van der Waals surface area contributed by atoms with E-state index in [0.717, 1.165) is 5.56 Å². The molecule has 0 unspecified atom stereocenters. The number of aromatic nitrogens is 2. The van der Waals surface area contributed by atoms with Crippen molar-refractivity contribution < 1.29 is 4.92 Å². The van der Waals surface area contributed by atoms with Crippen molar-refractivity contribution in [2.24, 2.45) is 0 Å². The van der Waals surface area contributed by atoms with Gasteiger partial charge in [0.2, 0.25) is 0 Å². The van der Waals surface area contributed by atoms with Crippen LogP contribution in [0.15, 0.2) is 26.4 Å². The first-order chi connectivity index (χ1) is 8.58. The molecule has 8 heteroatoms. The summed E-state index contributed by atoms with van der Waals surface area (Å²) in [6.07, 6.45) is 2.91. The third kappa shape index (κ3) is 2.43. The number of aromatic amines is 2. The Morgan fingerprint density at radius 3 is 2.67 bits per heavy atom. The third-order valence-corrected chi connectivity index (χ3v) is 2.82. The van der Waals surface area contributed by atoms with Gasteiger partial charge in [0.25, 0.3) is 0 Å². The van der Waals surface area contributed by atoms with Crippen molar-refractivity contribution in [3.8, 4) is 0 Å². The molecule has 0 saturated carbocycles. The fourth-order valence-electron chi connectivity index (χ4n) is 1.35. The molecule has 0 aliphatic heterocycles. The predicted octanol–water partition coefficient (Wildman–Crippen LogP) is 1.20. The lowest BCUT2D eigenvalue weighted by molar-refractivity contribution is -0.386. The average molecular weight is 265 g/mol. The Balaban J connectivity index is 2.53. The zero-order valence-corrected chi connectivity index (χ0v) is 9.69. The Morgan fingerprint density at radius 1 is 1.28 bits per heavy atom. The van der Waals surface area contributed by atoms with Crippen molar-refractivity contribution in [1.82, 2.24) is 9.97 Å². The molecule has 0 saturated heterocycles. The van der Waals surface area contributed by atoms with Gasteiger partial charge in [-0.2, -0.15) is 11.3 Å². The molecule has 18 heavy (non-hydrogen) atoms. The molecule has 0 amide bonds. The van der Waals surface area contributed by atoms with Crippen LogP contribution < -0.4 is 11.2 Å². The lowest BCUT2D eigenvalue weighted by Gasteiger charge is -1.95. The number of hydrogen-bond donors (Lipinski definition) is 2. The predicted molar refractivity (Wildman–Crippen MR) is 67.6 cm³/mol. The summed E-state index contributed by atoms with van der Waals surface area (Å²) in [5, 5.41) is 14.4. The monoisotopic (exact) mass is 265 g/mol. The Hall–Kier alpha value is -2.48. The van der Waals surface area contributed by atoms with E-state index in [9.17, 15) is 19.7 Å². The maximum Gasteiger partial charge on any atom is 0.357 e. The first-order valence-corrected chi connectivity index (χ1v) is 5.73. The molecule has 2 aromatic rings. The molecule has 92 valence electrons. The smallest absolute Gasteiger partial charge is 0.301 e. The molecule has 0 aliphatic carbocycles. The Morgan fingerprint density at radius 2 is 2.06 bits per heavy atom. The fraction of sp³-hybridized carbons (Fsp3) is 0. The van der Waals surface area contributed by atoms with E-state index >= 15 is 0 Å². The molecule has 0 spiro atoms. The van der Waals surface area contributed by atoms with Gasteiger partial charge in [-0.25, -0.2) is 4.79 Å². The van der Waals surface area contributed by atoms with Crippen LogP contribution in [-0.4, -0.2) is 14.9 Å². The highest BCUT2D eigenvalue weighted by Crippen LogP contribution is 2.14. The lowest BCUT2D eigenvalue weighted by atomic mass is 10.2. The average Bonchev–Trinajstić information content (AvgIpc) is 2.77. The van der Waals surface area contributed by atoms with Gasteiger partial charge in [0, 0.05) is 0 Å². The maximum atomic E-state index is 11.3. The van der Waals surface area contributed by atoms with Crippen LogP contribution in [0.25, 0.3) is 12.2 Å². The van der Waals surface area contributed by atoms with Gasteiger partial charge in [0.15, 0.2) is 0 Å². The normalized spacial score (nSPS) is 10.9. The number of hydrogen-bond acceptors (Lipinski definition) is 5. The third-order valence-electron chi connectivity index (χ3n) is 2.11. The lowest BCUT2D eigenvalue weighted by Crippen LogP contribution is -2.25. The Labute approximate surface area is 104 Å². The van der Waals surface area contributed by atoms with Crippen LogP contribution >= 0.6 is 11.3 Å². The summed E-state index contributed by atoms with van der Waals surface area (Å²) in [6, 6.07) is 1.80. The summed E-state index contributed by atoms with van der Waals surface area (Å²) in [5.74, 6) is 0. The van der Waals surface area contributed by atoms with Gasteiger partial charge in [-0.15, -0.1) is 0 Å². The molecule has 7 nitrogen and oxygen atoms in total. The standard InChI is InChI=1S/C10H7N3O4S/c14-9-8(13(16)17)7(11-10(15)12-9)2-1-6-3-4-18-5-6/h1-5H,(H2,11,12,14,15). The minimum absolute atomic E-state index is 0.125. The fourth-order valence-corrected chi connectivity index (χ4v) is 1.98. The van der Waals surface area contributed by atoms with Crippen LogP contribution in [0.5, 0.6) is 0 Å². The molecule has 0 bridgehead atoms. The molecular weight excluding hydrogens is 258 g/mol. The van der Waals surface area contributed by atoms with Crippen molar-refractivity contribution in [2.45, 2.75) is 0 Å². The van der Waals surface area contributed by atoms with Gasteiger partial charge < -0.3 is 4.98 Å². The molecule has 0 aliphatic rings. The van der Waals surface area contributed by atoms with Crippen LogP contribution in [-0.2, 0) is 0 Å². The quantitative estimate of drug-likeness (QED) is 0.642. The van der Waals surface area contributed by atoms with E-state index in [-0.39, 0.29) is 5.69 Å². The Kier molecular flexibility index (Phi) is 3.20. The number of H-pyrrole nitrogens is 2. The summed E-state index contributed by atoms with van der Waals surface area (Å²) in [6.45, 7) is 0. The van der Waals surface area contributed by atoms with E-state index in [1.54, 1.807) is 12.1 Å². The maximum absolute atomic E-state index is 11.3. The topological polar surface area (TPSA) is 109 Å². The highest BCUT2D eigenvalue weighted by atomic mass is 32.1. The van der Waals surface area contributed by atoms with E-state index in [1.807, 2.05) is 15.7 Å². The first-order valence-electron chi connectivity index (χ1n) is 4.79. The summed E-state index contributed by atoms with van der Waals surface area (Å²) in [7, 11) is 0. The van der Waals surface area contributed by atoms with Crippen LogP contribution in [0, 0.1) is 10.1 Å². The van der Waals surface area contributed by atoms with Gasteiger partial charge >= 0.3 is 16.9 Å². The summed E-state index contributed by atoms with van der Waals surface area (Å²) in [5.41, 5.74) is -1.78. The van der Waals surface area contributed by atoms with E-state index in [0.29, 0.717) is 0 Å². The molecule has 0 radical (unpaired) electrons. The Bertz CT molecular complexity index is 711. The van der Waals surface area contributed by atoms with E-state index in [1.165, 1.54) is 17.4 Å². The second-order valence-electron chi connectivity index (χ2n) is 3.32. The molecule has 2 heterocycles. The van der Waals surface area contributed by atoms with Crippen molar-refractivity contribution in [1.29, 1.82) is 0 Å². The van der Waals surface area contributed by atoms with Crippen molar-refractivity contribution in [3.05, 3.63) is 59.0 Å². The van der Waals surface area contributed by atoms with Gasteiger partial charge in [0.1, 0.15) is 5.69 Å².